The molecule has 0 aliphatic carbocycles. The van der Waals surface area contributed by atoms with Gasteiger partial charge in [0.2, 0.25) is 0 Å². The van der Waals surface area contributed by atoms with Gasteiger partial charge in [0, 0.05) is 43.0 Å². The molecule has 5 nitrogen and oxygen atoms in total. The van der Waals surface area contributed by atoms with E-state index in [1.807, 2.05) is 0 Å². The monoisotopic (exact) mass is 349 g/mol. The molecule has 0 bridgehead atoms. The molecule has 1 aromatic heterocycles. The molecule has 0 unspecified atom stereocenters. The van der Waals surface area contributed by atoms with Gasteiger partial charge in [-0.05, 0) is 22.0 Å². The predicted octanol–water partition coefficient (Wildman–Crippen LogP) is 1.33. The number of ether oxygens (including phenoxy) is 1. The molecule has 7 heteroatoms. The topological polar surface area (TPSA) is 54.5 Å². The molecule has 0 radical (unpaired) electrons. The lowest BCUT2D eigenvalue weighted by atomic mass is 10.2. The number of rotatable bonds is 4. The smallest absolute Gasteiger partial charge is 0.252 e. The molecule has 0 spiro atoms. The van der Waals surface area contributed by atoms with Gasteiger partial charge in [0.25, 0.3) is 5.91 Å². The molecule has 1 aromatic rings. The van der Waals surface area contributed by atoms with Gasteiger partial charge in [-0.2, -0.15) is 0 Å². The largest absolute Gasteiger partial charge is 0.379 e. The van der Waals surface area contributed by atoms with E-state index in [2.05, 4.69) is 31.1 Å². The fraction of sp³-hybridized carbons (Fsp3) is 0.500. The number of hydrogen-bond acceptors (Lipinski definition) is 4. The highest BCUT2D eigenvalue weighted by molar-refractivity contribution is 9.10. The fourth-order valence-electron chi connectivity index (χ4n) is 1.79. The van der Waals surface area contributed by atoms with Crippen LogP contribution in [-0.4, -0.2) is 55.2 Å². The molecule has 2 rings (SSSR count). The molecule has 2 heterocycles. The SMILES string of the molecule is Cl.O=C(NCCN1CCOCC1)c1cncc(Br)c1. The predicted molar refractivity (Wildman–Crippen MR) is 78.8 cm³/mol. The Balaban J connectivity index is 0.00000180. The van der Waals surface area contributed by atoms with E-state index in [1.54, 1.807) is 18.5 Å². The Hall–Kier alpha value is -0.690. The minimum Gasteiger partial charge on any atom is -0.379 e. The maximum Gasteiger partial charge on any atom is 0.252 e. The van der Waals surface area contributed by atoms with E-state index < -0.39 is 0 Å². The average molecular weight is 351 g/mol. The molecule has 1 saturated heterocycles. The van der Waals surface area contributed by atoms with Gasteiger partial charge in [-0.1, -0.05) is 0 Å². The first-order valence-electron chi connectivity index (χ1n) is 5.94. The molecule has 1 amide bonds. The lowest BCUT2D eigenvalue weighted by Crippen LogP contribution is -2.41. The zero-order chi connectivity index (χ0) is 12.8. The van der Waals surface area contributed by atoms with Crippen LogP contribution < -0.4 is 5.32 Å². The van der Waals surface area contributed by atoms with E-state index in [1.165, 1.54) is 0 Å². The van der Waals surface area contributed by atoms with E-state index in [4.69, 9.17) is 4.74 Å². The summed E-state index contributed by atoms with van der Waals surface area (Å²) in [6.07, 6.45) is 3.22. The summed E-state index contributed by atoms with van der Waals surface area (Å²) in [5.74, 6) is -0.0861. The Labute approximate surface area is 127 Å². The number of halogens is 2. The summed E-state index contributed by atoms with van der Waals surface area (Å²) < 4.78 is 6.08. The van der Waals surface area contributed by atoms with Crippen molar-refractivity contribution in [1.82, 2.24) is 15.2 Å². The van der Waals surface area contributed by atoms with Gasteiger partial charge < -0.3 is 10.1 Å². The zero-order valence-corrected chi connectivity index (χ0v) is 12.9. The first kappa shape index (κ1) is 16.4. The number of amides is 1. The maximum absolute atomic E-state index is 11.8. The zero-order valence-electron chi connectivity index (χ0n) is 10.5. The number of nitrogens with one attached hydrogen (secondary N) is 1. The highest BCUT2D eigenvalue weighted by atomic mass is 79.9. The summed E-state index contributed by atoms with van der Waals surface area (Å²) in [4.78, 5) is 18.1. The minimum absolute atomic E-state index is 0. The minimum atomic E-state index is -0.0861. The van der Waals surface area contributed by atoms with Crippen molar-refractivity contribution in [2.24, 2.45) is 0 Å². The normalized spacial score (nSPS) is 15.6. The standard InChI is InChI=1S/C12H16BrN3O2.ClH/c13-11-7-10(8-14-9-11)12(17)15-1-2-16-3-5-18-6-4-16;/h7-9H,1-6H2,(H,15,17);1H. The van der Waals surface area contributed by atoms with Crippen molar-refractivity contribution in [2.75, 3.05) is 39.4 Å². The van der Waals surface area contributed by atoms with E-state index in [0.717, 1.165) is 37.3 Å². The van der Waals surface area contributed by atoms with Crippen molar-refractivity contribution in [1.29, 1.82) is 0 Å². The van der Waals surface area contributed by atoms with Crippen LogP contribution >= 0.6 is 28.3 Å². The molecule has 1 N–H and O–H groups in total. The van der Waals surface area contributed by atoms with Gasteiger partial charge in [0.15, 0.2) is 0 Å². The highest BCUT2D eigenvalue weighted by Crippen LogP contribution is 2.09. The molecule has 106 valence electrons. The van der Waals surface area contributed by atoms with Gasteiger partial charge in [-0.25, -0.2) is 0 Å². The average Bonchev–Trinajstić information content (AvgIpc) is 2.40. The third-order valence-electron chi connectivity index (χ3n) is 2.78. The number of aromatic nitrogens is 1. The van der Waals surface area contributed by atoms with Crippen LogP contribution in [0.25, 0.3) is 0 Å². The molecule has 0 aromatic carbocycles. The van der Waals surface area contributed by atoms with Crippen LogP contribution in [0.1, 0.15) is 10.4 Å². The van der Waals surface area contributed by atoms with Crippen LogP contribution in [0.15, 0.2) is 22.9 Å². The molecule has 1 aliphatic rings. The Kier molecular flexibility index (Phi) is 7.30. The molecule has 0 atom stereocenters. The maximum atomic E-state index is 11.8. The number of hydrogen-bond donors (Lipinski definition) is 1. The van der Waals surface area contributed by atoms with Gasteiger partial charge >= 0.3 is 0 Å². The van der Waals surface area contributed by atoms with Crippen LogP contribution in [-0.2, 0) is 4.74 Å². The van der Waals surface area contributed by atoms with Crippen LogP contribution in [0.4, 0.5) is 0 Å². The summed E-state index contributed by atoms with van der Waals surface area (Å²) in [5.41, 5.74) is 0.575. The Morgan fingerprint density at radius 3 is 2.84 bits per heavy atom. The van der Waals surface area contributed by atoms with Crippen molar-refractivity contribution < 1.29 is 9.53 Å². The number of morpholine rings is 1. The summed E-state index contributed by atoms with van der Waals surface area (Å²) in [6, 6.07) is 1.76. The first-order valence-corrected chi connectivity index (χ1v) is 6.74. The van der Waals surface area contributed by atoms with Crippen LogP contribution in [0, 0.1) is 0 Å². The number of carbonyl (C=O) groups is 1. The third-order valence-corrected chi connectivity index (χ3v) is 3.22. The second kappa shape index (κ2) is 8.47. The van der Waals surface area contributed by atoms with Gasteiger partial charge in [0.05, 0.1) is 18.8 Å². The second-order valence-corrected chi connectivity index (χ2v) is 5.02. The number of carbonyl (C=O) groups excluding carboxylic acids is 1. The van der Waals surface area contributed by atoms with Gasteiger partial charge in [-0.3, -0.25) is 14.7 Å². The van der Waals surface area contributed by atoms with Gasteiger partial charge in [0.1, 0.15) is 0 Å². The van der Waals surface area contributed by atoms with Crippen molar-refractivity contribution in [2.45, 2.75) is 0 Å². The lowest BCUT2D eigenvalue weighted by molar-refractivity contribution is 0.0383. The van der Waals surface area contributed by atoms with Crippen molar-refractivity contribution in [3.8, 4) is 0 Å². The fourth-order valence-corrected chi connectivity index (χ4v) is 2.16. The van der Waals surface area contributed by atoms with E-state index in [9.17, 15) is 4.79 Å². The third kappa shape index (κ3) is 5.44. The molecular weight excluding hydrogens is 334 g/mol. The van der Waals surface area contributed by atoms with Crippen molar-refractivity contribution in [3.05, 3.63) is 28.5 Å². The number of pyridine rings is 1. The van der Waals surface area contributed by atoms with Crippen LogP contribution in [0.2, 0.25) is 0 Å². The molecule has 0 saturated carbocycles. The second-order valence-electron chi connectivity index (χ2n) is 4.10. The van der Waals surface area contributed by atoms with Crippen LogP contribution in [0.5, 0.6) is 0 Å². The van der Waals surface area contributed by atoms with Crippen LogP contribution in [0.3, 0.4) is 0 Å². The quantitative estimate of drug-likeness (QED) is 0.890. The summed E-state index contributed by atoms with van der Waals surface area (Å²) >= 11 is 3.30. The Morgan fingerprint density at radius 1 is 1.42 bits per heavy atom. The van der Waals surface area contributed by atoms with E-state index >= 15 is 0 Å². The molecule has 1 fully saturated rings. The number of nitrogens with zero attached hydrogens (tertiary/aromatic N) is 2. The first-order chi connectivity index (χ1) is 8.75. The van der Waals surface area contributed by atoms with Crippen molar-refractivity contribution >= 4 is 34.2 Å². The Morgan fingerprint density at radius 2 is 2.16 bits per heavy atom. The summed E-state index contributed by atoms with van der Waals surface area (Å²) in [6.45, 7) is 4.94. The van der Waals surface area contributed by atoms with Gasteiger partial charge in [-0.15, -0.1) is 12.4 Å². The van der Waals surface area contributed by atoms with E-state index in [0.29, 0.717) is 12.1 Å². The summed E-state index contributed by atoms with van der Waals surface area (Å²) in [7, 11) is 0. The molecular formula is C12H17BrClN3O2. The lowest BCUT2D eigenvalue weighted by Gasteiger charge is -2.26. The molecule has 1 aliphatic heterocycles. The molecule has 19 heavy (non-hydrogen) atoms. The summed E-state index contributed by atoms with van der Waals surface area (Å²) in [5, 5.41) is 2.89. The Bertz CT molecular complexity index is 414. The highest BCUT2D eigenvalue weighted by Gasteiger charge is 2.11. The van der Waals surface area contributed by atoms with Crippen molar-refractivity contribution in [3.63, 3.8) is 0 Å². The van der Waals surface area contributed by atoms with E-state index in [-0.39, 0.29) is 18.3 Å².